The van der Waals surface area contributed by atoms with Crippen molar-refractivity contribution in [2.45, 2.75) is 5.75 Å². The number of hydrogen-bond acceptors (Lipinski definition) is 5. The minimum Gasteiger partial charge on any atom is -0.288 e. The molecule has 0 unspecified atom stereocenters. The Labute approximate surface area is 138 Å². The number of carbonyl (C=O) groups excluding carboxylic acids is 1. The average Bonchev–Trinajstić information content (AvgIpc) is 2.48. The van der Waals surface area contributed by atoms with E-state index in [1.807, 2.05) is 0 Å². The fourth-order valence-corrected chi connectivity index (χ4v) is 2.91. The summed E-state index contributed by atoms with van der Waals surface area (Å²) >= 11 is 0. The van der Waals surface area contributed by atoms with Crippen molar-refractivity contribution in [1.82, 2.24) is 10.5 Å². The third kappa shape index (κ3) is 5.16. The van der Waals surface area contributed by atoms with Crippen LogP contribution >= 0.6 is 12.4 Å². The second-order valence-corrected chi connectivity index (χ2v) is 6.05. The number of sulfonamides is 1. The van der Waals surface area contributed by atoms with Crippen molar-refractivity contribution in [2.75, 3.05) is 4.72 Å². The first-order chi connectivity index (χ1) is 10.4. The van der Waals surface area contributed by atoms with Gasteiger partial charge < -0.3 is 0 Å². The third-order valence-electron chi connectivity index (χ3n) is 2.67. The first-order valence-electron chi connectivity index (χ1n) is 6.05. The Kier molecular flexibility index (Phi) is 6.43. The van der Waals surface area contributed by atoms with Crippen LogP contribution in [0, 0.1) is 5.82 Å². The highest BCUT2D eigenvalue weighted by Gasteiger charge is 2.15. The predicted molar refractivity (Wildman–Crippen MR) is 83.4 cm³/mol. The number of nitrogens with zero attached hydrogens (tertiary/aromatic N) is 1. The van der Waals surface area contributed by atoms with Crippen molar-refractivity contribution in [2.24, 2.45) is 0 Å². The highest BCUT2D eigenvalue weighted by Crippen LogP contribution is 2.15. The number of rotatable bonds is 5. The maximum absolute atomic E-state index is 13.5. The summed E-state index contributed by atoms with van der Waals surface area (Å²) in [6, 6.07) is 8.00. The normalized spacial score (nSPS) is 10.5. The van der Waals surface area contributed by atoms with E-state index in [0.29, 0.717) is 0 Å². The van der Waals surface area contributed by atoms with Crippen molar-refractivity contribution in [3.63, 3.8) is 0 Å². The van der Waals surface area contributed by atoms with Crippen LogP contribution in [0.1, 0.15) is 16.1 Å². The lowest BCUT2D eigenvalue weighted by Gasteiger charge is -2.09. The molecule has 1 amide bonds. The lowest BCUT2D eigenvalue weighted by molar-refractivity contribution is 0.0701. The van der Waals surface area contributed by atoms with Gasteiger partial charge in [-0.3, -0.25) is 19.7 Å². The molecule has 1 aromatic heterocycles. The molecule has 0 aliphatic rings. The van der Waals surface area contributed by atoms with E-state index in [9.17, 15) is 17.6 Å². The molecule has 0 fully saturated rings. The van der Waals surface area contributed by atoms with Crippen LogP contribution in [0.25, 0.3) is 0 Å². The van der Waals surface area contributed by atoms with Crippen molar-refractivity contribution >= 4 is 34.0 Å². The molecule has 0 saturated carbocycles. The van der Waals surface area contributed by atoms with Crippen LogP contribution in [-0.4, -0.2) is 24.5 Å². The molecular formula is C13H13ClFN3O4S. The molecule has 3 N–H and O–H groups in total. The Morgan fingerprint density at radius 1 is 1.26 bits per heavy atom. The lowest BCUT2D eigenvalue weighted by atomic mass is 10.2. The van der Waals surface area contributed by atoms with Gasteiger partial charge in [0.2, 0.25) is 10.0 Å². The van der Waals surface area contributed by atoms with E-state index >= 15 is 0 Å². The number of hydroxylamine groups is 1. The maximum Gasteiger partial charge on any atom is 0.293 e. The Morgan fingerprint density at radius 3 is 2.61 bits per heavy atom. The molecule has 2 rings (SSSR count). The van der Waals surface area contributed by atoms with E-state index in [1.54, 1.807) is 0 Å². The number of carbonyl (C=O) groups is 1. The van der Waals surface area contributed by atoms with Gasteiger partial charge in [-0.1, -0.05) is 18.2 Å². The molecule has 0 aliphatic heterocycles. The molecule has 2 aromatic rings. The van der Waals surface area contributed by atoms with Gasteiger partial charge in [-0.15, -0.1) is 12.4 Å². The Hall–Kier alpha value is -2.23. The van der Waals surface area contributed by atoms with Crippen LogP contribution < -0.4 is 10.2 Å². The van der Waals surface area contributed by atoms with Gasteiger partial charge in [-0.25, -0.2) is 18.3 Å². The van der Waals surface area contributed by atoms with Crippen LogP contribution in [-0.2, 0) is 15.8 Å². The second kappa shape index (κ2) is 7.86. The number of nitrogens with one attached hydrogen (secondary N) is 2. The van der Waals surface area contributed by atoms with Crippen molar-refractivity contribution in [3.8, 4) is 0 Å². The van der Waals surface area contributed by atoms with Gasteiger partial charge in [0.25, 0.3) is 5.91 Å². The molecular weight excluding hydrogens is 349 g/mol. The molecule has 0 bridgehead atoms. The van der Waals surface area contributed by atoms with Gasteiger partial charge in [0.05, 0.1) is 11.4 Å². The van der Waals surface area contributed by atoms with Gasteiger partial charge in [0.15, 0.2) is 0 Å². The molecule has 7 nitrogen and oxygen atoms in total. The van der Waals surface area contributed by atoms with Gasteiger partial charge in [-0.05, 0) is 18.2 Å². The highest BCUT2D eigenvalue weighted by atomic mass is 35.5. The number of amides is 1. The summed E-state index contributed by atoms with van der Waals surface area (Å²) in [5, 5.41) is 8.52. The number of pyridine rings is 1. The summed E-state index contributed by atoms with van der Waals surface area (Å²) in [5.41, 5.74) is 1.32. The molecule has 10 heteroatoms. The maximum atomic E-state index is 13.5. The predicted octanol–water partition coefficient (Wildman–Crippen LogP) is 1.70. The average molecular weight is 362 g/mol. The van der Waals surface area contributed by atoms with E-state index < -0.39 is 27.5 Å². The molecule has 1 aromatic carbocycles. The number of halogens is 2. The Morgan fingerprint density at radius 2 is 1.96 bits per heavy atom. The minimum absolute atomic E-state index is 0. The van der Waals surface area contributed by atoms with Crippen LogP contribution in [0.2, 0.25) is 0 Å². The van der Waals surface area contributed by atoms with Crippen molar-refractivity contribution in [3.05, 3.63) is 59.7 Å². The molecule has 0 atom stereocenters. The number of benzene rings is 1. The largest absolute Gasteiger partial charge is 0.293 e. The smallest absolute Gasteiger partial charge is 0.288 e. The van der Waals surface area contributed by atoms with E-state index in [1.165, 1.54) is 42.0 Å². The summed E-state index contributed by atoms with van der Waals surface area (Å²) in [5.74, 6) is -2.05. The zero-order valence-electron chi connectivity index (χ0n) is 11.6. The third-order valence-corrected chi connectivity index (χ3v) is 3.91. The lowest BCUT2D eigenvalue weighted by Crippen LogP contribution is -2.21. The summed E-state index contributed by atoms with van der Waals surface area (Å²) in [7, 11) is -3.87. The van der Waals surface area contributed by atoms with E-state index in [0.717, 1.165) is 6.07 Å². The van der Waals surface area contributed by atoms with Gasteiger partial charge in [-0.2, -0.15) is 0 Å². The Bertz CT molecular complexity index is 801. The van der Waals surface area contributed by atoms with Crippen LogP contribution in [0.3, 0.4) is 0 Å². The number of aromatic nitrogens is 1. The summed E-state index contributed by atoms with van der Waals surface area (Å²) in [6.45, 7) is 0. The zero-order chi connectivity index (χ0) is 16.2. The fraction of sp³-hybridized carbons (Fsp3) is 0.0769. The van der Waals surface area contributed by atoms with E-state index in [4.69, 9.17) is 5.21 Å². The highest BCUT2D eigenvalue weighted by molar-refractivity contribution is 7.91. The summed E-state index contributed by atoms with van der Waals surface area (Å²) < 4.78 is 39.8. The van der Waals surface area contributed by atoms with E-state index in [-0.39, 0.29) is 29.4 Å². The first kappa shape index (κ1) is 18.8. The molecule has 23 heavy (non-hydrogen) atoms. The number of anilines is 1. The summed E-state index contributed by atoms with van der Waals surface area (Å²) in [6.07, 6.45) is 1.20. The van der Waals surface area contributed by atoms with E-state index in [2.05, 4.69) is 9.71 Å². The topological polar surface area (TPSA) is 108 Å². The van der Waals surface area contributed by atoms with Crippen LogP contribution in [0.5, 0.6) is 0 Å². The number of hydrogen-bond donors (Lipinski definition) is 3. The molecule has 124 valence electrons. The minimum atomic E-state index is -3.87. The van der Waals surface area contributed by atoms with Gasteiger partial charge in [0.1, 0.15) is 11.5 Å². The molecule has 0 spiro atoms. The molecule has 1 heterocycles. The molecule has 0 aliphatic carbocycles. The van der Waals surface area contributed by atoms with Gasteiger partial charge in [0, 0.05) is 11.8 Å². The monoisotopic (exact) mass is 361 g/mol. The second-order valence-electron chi connectivity index (χ2n) is 4.32. The van der Waals surface area contributed by atoms with Crippen molar-refractivity contribution < 1.29 is 22.8 Å². The quantitative estimate of drug-likeness (QED) is 0.555. The zero-order valence-corrected chi connectivity index (χ0v) is 13.2. The molecule has 0 saturated heterocycles. The Balaban J connectivity index is 0.00000264. The first-order valence-corrected chi connectivity index (χ1v) is 7.71. The van der Waals surface area contributed by atoms with Gasteiger partial charge >= 0.3 is 0 Å². The SMILES string of the molecule is Cl.O=C(NO)c1cc(NS(=O)(=O)Cc2ccccc2F)ccn1. The van der Waals surface area contributed by atoms with Crippen molar-refractivity contribution in [1.29, 1.82) is 0 Å². The molecule has 0 radical (unpaired) electrons. The standard InChI is InChI=1S/C13H12FN3O4S.ClH/c14-11-4-2-1-3-9(11)8-22(20,21)17-10-5-6-15-12(7-10)13(18)16-19;/h1-7,19H,8H2,(H,15,17)(H,16,18);1H. The fourth-order valence-electron chi connectivity index (χ4n) is 1.71. The van der Waals surface area contributed by atoms with Crippen LogP contribution in [0.15, 0.2) is 42.6 Å². The van der Waals surface area contributed by atoms with Crippen LogP contribution in [0.4, 0.5) is 10.1 Å². The summed E-state index contributed by atoms with van der Waals surface area (Å²) in [4.78, 5) is 14.9.